The van der Waals surface area contributed by atoms with E-state index in [1.54, 1.807) is 0 Å². The Morgan fingerprint density at radius 2 is 1.90 bits per heavy atom. The third-order valence-corrected chi connectivity index (χ3v) is 4.53. The van der Waals surface area contributed by atoms with Gasteiger partial charge >= 0.3 is 0 Å². The number of nitrogens with one attached hydrogen (secondary N) is 2. The van der Waals surface area contributed by atoms with E-state index in [0.717, 1.165) is 51.4 Å². The van der Waals surface area contributed by atoms with Crippen LogP contribution in [-0.2, 0) is 4.74 Å². The second kappa shape index (κ2) is 8.95. The molecule has 0 atom stereocenters. The molecule has 6 heteroatoms. The van der Waals surface area contributed by atoms with Crippen LogP contribution in [0.25, 0.3) is 0 Å². The second-order valence-electron chi connectivity index (χ2n) is 5.94. The predicted molar refractivity (Wildman–Crippen MR) is 98.5 cm³/mol. The zero-order valence-electron chi connectivity index (χ0n) is 13.4. The van der Waals surface area contributed by atoms with Gasteiger partial charge in [0.05, 0.1) is 0 Å². The van der Waals surface area contributed by atoms with Crippen LogP contribution in [-0.4, -0.2) is 63.3 Å². The van der Waals surface area contributed by atoms with Crippen molar-refractivity contribution < 1.29 is 4.74 Å². The van der Waals surface area contributed by atoms with Crippen molar-refractivity contribution in [3.05, 3.63) is 12.2 Å². The molecule has 2 N–H and O–H groups in total. The van der Waals surface area contributed by atoms with Crippen LogP contribution in [0.4, 0.5) is 0 Å². The molecule has 2 rings (SSSR count). The van der Waals surface area contributed by atoms with Gasteiger partial charge in [-0.2, -0.15) is 0 Å². The second-order valence-corrected chi connectivity index (χ2v) is 5.94. The minimum absolute atomic E-state index is 0. The third kappa shape index (κ3) is 5.10. The molecule has 1 saturated heterocycles. The molecule has 0 amide bonds. The number of ether oxygens (including phenoxy) is 1. The topological polar surface area (TPSA) is 48.9 Å². The van der Waals surface area contributed by atoms with Gasteiger partial charge < -0.3 is 20.3 Å². The van der Waals surface area contributed by atoms with Crippen LogP contribution in [0.3, 0.4) is 0 Å². The predicted octanol–water partition coefficient (Wildman–Crippen LogP) is 1.60. The van der Waals surface area contributed by atoms with Crippen molar-refractivity contribution in [2.24, 2.45) is 4.99 Å². The monoisotopic (exact) mass is 408 g/mol. The molecule has 1 heterocycles. The molecule has 21 heavy (non-hydrogen) atoms. The molecule has 122 valence electrons. The smallest absolute Gasteiger partial charge is 0.191 e. The maximum atomic E-state index is 5.51. The maximum Gasteiger partial charge on any atom is 0.191 e. The average molecular weight is 408 g/mol. The molecule has 2 aliphatic rings. The number of hydrogen-bond acceptors (Lipinski definition) is 3. The maximum absolute atomic E-state index is 5.51. The number of nitrogens with zero attached hydrogens (tertiary/aromatic N) is 2. The van der Waals surface area contributed by atoms with E-state index in [-0.39, 0.29) is 29.5 Å². The minimum Gasteiger partial charge on any atom is -0.381 e. The Morgan fingerprint density at radius 1 is 1.29 bits per heavy atom. The highest BCUT2D eigenvalue weighted by molar-refractivity contribution is 14.0. The third-order valence-electron chi connectivity index (χ3n) is 4.53. The number of halogens is 1. The van der Waals surface area contributed by atoms with E-state index in [2.05, 4.69) is 46.8 Å². The van der Waals surface area contributed by atoms with Gasteiger partial charge in [-0.25, -0.2) is 0 Å². The highest BCUT2D eigenvalue weighted by atomic mass is 127. The van der Waals surface area contributed by atoms with E-state index in [0.29, 0.717) is 6.04 Å². The van der Waals surface area contributed by atoms with Gasteiger partial charge in [0, 0.05) is 38.4 Å². The molecule has 1 fully saturated rings. The van der Waals surface area contributed by atoms with E-state index in [9.17, 15) is 0 Å². The first-order valence-corrected chi connectivity index (χ1v) is 7.54. The van der Waals surface area contributed by atoms with Gasteiger partial charge in [-0.05, 0) is 39.8 Å². The Labute approximate surface area is 145 Å². The molecule has 0 radical (unpaired) electrons. The van der Waals surface area contributed by atoms with Crippen LogP contribution < -0.4 is 10.6 Å². The fourth-order valence-electron chi connectivity index (χ4n) is 2.90. The van der Waals surface area contributed by atoms with Gasteiger partial charge in [0.2, 0.25) is 0 Å². The van der Waals surface area contributed by atoms with Crippen molar-refractivity contribution in [2.75, 3.05) is 40.9 Å². The van der Waals surface area contributed by atoms with Crippen LogP contribution in [0, 0.1) is 0 Å². The molecule has 0 saturated carbocycles. The van der Waals surface area contributed by atoms with Gasteiger partial charge in [0.1, 0.15) is 0 Å². The SMILES string of the molecule is CN=C(NCC1(N(C)C)CCOCC1)NC1CC=CC1.I. The summed E-state index contributed by atoms with van der Waals surface area (Å²) in [5.41, 5.74) is 0.170. The van der Waals surface area contributed by atoms with E-state index in [1.165, 1.54) is 0 Å². The summed E-state index contributed by atoms with van der Waals surface area (Å²) >= 11 is 0. The summed E-state index contributed by atoms with van der Waals surface area (Å²) in [6, 6.07) is 0.492. The number of hydrogen-bond donors (Lipinski definition) is 2. The van der Waals surface area contributed by atoms with Crippen molar-refractivity contribution >= 4 is 29.9 Å². The molecular formula is C15H29IN4O. The minimum atomic E-state index is 0. The summed E-state index contributed by atoms with van der Waals surface area (Å²) in [4.78, 5) is 6.67. The molecule has 1 aliphatic heterocycles. The van der Waals surface area contributed by atoms with Gasteiger partial charge in [-0.15, -0.1) is 24.0 Å². The number of rotatable bonds is 4. The standard InChI is InChI=1S/C15H28N4O.HI/c1-16-14(18-13-6-4-5-7-13)17-12-15(19(2)3)8-10-20-11-9-15;/h4-5,13H,6-12H2,1-3H3,(H2,16,17,18);1H. The van der Waals surface area contributed by atoms with Crippen LogP contribution in [0.1, 0.15) is 25.7 Å². The fraction of sp³-hybridized carbons (Fsp3) is 0.800. The van der Waals surface area contributed by atoms with Gasteiger partial charge in [-0.1, -0.05) is 12.2 Å². The van der Waals surface area contributed by atoms with Gasteiger partial charge in [0.15, 0.2) is 5.96 Å². The molecule has 0 bridgehead atoms. The van der Waals surface area contributed by atoms with Crippen molar-refractivity contribution in [1.29, 1.82) is 0 Å². The van der Waals surface area contributed by atoms with Crippen molar-refractivity contribution in [1.82, 2.24) is 15.5 Å². The quantitative estimate of drug-likeness (QED) is 0.321. The highest BCUT2D eigenvalue weighted by Crippen LogP contribution is 2.25. The van der Waals surface area contributed by atoms with E-state index in [4.69, 9.17) is 4.74 Å². The molecule has 5 nitrogen and oxygen atoms in total. The van der Waals surface area contributed by atoms with E-state index >= 15 is 0 Å². The molecule has 0 aromatic rings. The Bertz CT molecular complexity index is 357. The first kappa shape index (κ1) is 18.7. The Morgan fingerprint density at radius 3 is 2.43 bits per heavy atom. The summed E-state index contributed by atoms with van der Waals surface area (Å²) in [6.07, 6.45) is 8.76. The van der Waals surface area contributed by atoms with Gasteiger partial charge in [0.25, 0.3) is 0 Å². The van der Waals surface area contributed by atoms with Crippen molar-refractivity contribution in [2.45, 2.75) is 37.3 Å². The lowest BCUT2D eigenvalue weighted by Gasteiger charge is -2.43. The summed E-state index contributed by atoms with van der Waals surface area (Å²) in [6.45, 7) is 2.60. The van der Waals surface area contributed by atoms with Gasteiger partial charge in [-0.3, -0.25) is 4.99 Å². The lowest BCUT2D eigenvalue weighted by Crippen LogP contribution is -2.57. The molecular weight excluding hydrogens is 379 g/mol. The Hall–Kier alpha value is -0.340. The number of likely N-dealkylation sites (N-methyl/N-ethyl adjacent to an activating group) is 1. The van der Waals surface area contributed by atoms with Crippen molar-refractivity contribution in [3.8, 4) is 0 Å². The van der Waals surface area contributed by atoms with Crippen LogP contribution in [0.5, 0.6) is 0 Å². The molecule has 0 unspecified atom stereocenters. The zero-order chi connectivity index (χ0) is 14.4. The molecule has 0 spiro atoms. The molecule has 0 aromatic carbocycles. The largest absolute Gasteiger partial charge is 0.381 e. The zero-order valence-corrected chi connectivity index (χ0v) is 15.7. The Balaban J connectivity index is 0.00000220. The van der Waals surface area contributed by atoms with Crippen LogP contribution in [0.15, 0.2) is 17.1 Å². The van der Waals surface area contributed by atoms with E-state index in [1.807, 2.05) is 7.05 Å². The first-order valence-electron chi connectivity index (χ1n) is 7.54. The fourth-order valence-corrected chi connectivity index (χ4v) is 2.90. The molecule has 1 aliphatic carbocycles. The van der Waals surface area contributed by atoms with Crippen LogP contribution >= 0.6 is 24.0 Å². The Kier molecular flexibility index (Phi) is 7.97. The van der Waals surface area contributed by atoms with Crippen LogP contribution in [0.2, 0.25) is 0 Å². The summed E-state index contributed by atoms with van der Waals surface area (Å²) in [5, 5.41) is 6.99. The van der Waals surface area contributed by atoms with E-state index < -0.39 is 0 Å². The number of aliphatic imine (C=N–C) groups is 1. The average Bonchev–Trinajstić information content (AvgIpc) is 2.97. The molecule has 0 aromatic heterocycles. The highest BCUT2D eigenvalue weighted by Gasteiger charge is 2.34. The first-order chi connectivity index (χ1) is 9.66. The lowest BCUT2D eigenvalue weighted by atomic mass is 9.88. The summed E-state index contributed by atoms with van der Waals surface area (Å²) in [7, 11) is 6.15. The number of guanidine groups is 1. The summed E-state index contributed by atoms with van der Waals surface area (Å²) < 4.78 is 5.51. The lowest BCUT2D eigenvalue weighted by molar-refractivity contribution is -0.00502. The summed E-state index contributed by atoms with van der Waals surface area (Å²) in [5.74, 6) is 0.909. The van der Waals surface area contributed by atoms with Crippen molar-refractivity contribution in [3.63, 3.8) is 0 Å². The normalized spacial score (nSPS) is 22.2.